The molecule has 1 heterocycles. The lowest BCUT2D eigenvalue weighted by Crippen LogP contribution is -2.48. The molecule has 0 saturated carbocycles. The number of nitrogens with zero attached hydrogens (tertiary/aromatic N) is 4. The number of unbranched alkanes of at least 4 members (excludes halogenated alkanes) is 2. The standard InChI is InChI=1S/C26H33N5O2/c1-5-6-9-14-28-25(32)18-30(24-15-23(27-3)13-12-20(24)2)19-26(33)29(4)31-16-21-10-7-8-11-22(21)17-31/h7-8,10-13,15H,5-6,9,14,16-19H2,1-2,4H3,(H,28,32). The second-order valence-corrected chi connectivity index (χ2v) is 8.50. The van der Waals surface area contributed by atoms with Gasteiger partial charge in [-0.05, 0) is 36.1 Å². The van der Waals surface area contributed by atoms with Crippen molar-refractivity contribution in [1.29, 1.82) is 0 Å². The Labute approximate surface area is 196 Å². The zero-order valence-corrected chi connectivity index (χ0v) is 19.8. The number of rotatable bonds is 10. The average molecular weight is 448 g/mol. The molecule has 0 fully saturated rings. The highest BCUT2D eigenvalue weighted by molar-refractivity contribution is 5.87. The Kier molecular flexibility index (Phi) is 8.45. The van der Waals surface area contributed by atoms with Crippen molar-refractivity contribution in [3.63, 3.8) is 0 Å². The van der Waals surface area contributed by atoms with E-state index < -0.39 is 0 Å². The molecule has 1 aliphatic rings. The number of hydrazine groups is 1. The van der Waals surface area contributed by atoms with Gasteiger partial charge >= 0.3 is 0 Å². The molecule has 2 amide bonds. The third kappa shape index (κ3) is 6.33. The molecule has 0 aliphatic carbocycles. The van der Waals surface area contributed by atoms with E-state index in [1.807, 2.05) is 30.1 Å². The molecular formula is C26H33N5O2. The molecule has 33 heavy (non-hydrogen) atoms. The summed E-state index contributed by atoms with van der Waals surface area (Å²) in [5, 5.41) is 6.62. The number of carbonyl (C=O) groups excluding carboxylic acids is 2. The smallest absolute Gasteiger partial charge is 0.256 e. The minimum Gasteiger partial charge on any atom is -0.355 e. The van der Waals surface area contributed by atoms with Crippen molar-refractivity contribution >= 4 is 23.2 Å². The first-order valence-electron chi connectivity index (χ1n) is 11.5. The maximum Gasteiger partial charge on any atom is 0.256 e. The zero-order chi connectivity index (χ0) is 23.8. The highest BCUT2D eigenvalue weighted by Crippen LogP contribution is 2.27. The van der Waals surface area contributed by atoms with Crippen molar-refractivity contribution in [3.05, 3.63) is 70.6 Å². The van der Waals surface area contributed by atoms with E-state index in [0.29, 0.717) is 25.3 Å². The van der Waals surface area contributed by atoms with Gasteiger partial charge in [0.15, 0.2) is 5.69 Å². The fraction of sp³-hybridized carbons (Fsp3) is 0.423. The molecule has 174 valence electrons. The molecule has 2 aromatic carbocycles. The van der Waals surface area contributed by atoms with E-state index in [9.17, 15) is 9.59 Å². The van der Waals surface area contributed by atoms with Crippen molar-refractivity contribution < 1.29 is 9.59 Å². The molecule has 0 saturated heterocycles. The van der Waals surface area contributed by atoms with Crippen molar-refractivity contribution in [2.24, 2.45) is 0 Å². The first kappa shape index (κ1) is 24.3. The van der Waals surface area contributed by atoms with Gasteiger partial charge in [-0.3, -0.25) is 14.6 Å². The van der Waals surface area contributed by atoms with Crippen LogP contribution >= 0.6 is 0 Å². The van der Waals surface area contributed by atoms with Crippen LogP contribution in [-0.2, 0) is 22.7 Å². The summed E-state index contributed by atoms with van der Waals surface area (Å²) >= 11 is 0. The largest absolute Gasteiger partial charge is 0.355 e. The van der Waals surface area contributed by atoms with Crippen molar-refractivity contribution in [2.75, 3.05) is 31.6 Å². The molecule has 7 nitrogen and oxygen atoms in total. The summed E-state index contributed by atoms with van der Waals surface area (Å²) in [6, 6.07) is 13.6. The number of benzene rings is 2. The quantitative estimate of drug-likeness (QED) is 0.441. The minimum absolute atomic E-state index is 0.0496. The first-order chi connectivity index (χ1) is 15.9. The number of aryl methyl sites for hydroxylation is 1. The summed E-state index contributed by atoms with van der Waals surface area (Å²) in [5.74, 6) is -0.225. The Morgan fingerprint density at radius 2 is 1.79 bits per heavy atom. The molecular weight excluding hydrogens is 414 g/mol. The van der Waals surface area contributed by atoms with E-state index >= 15 is 0 Å². The lowest BCUT2D eigenvalue weighted by atomic mass is 10.1. The van der Waals surface area contributed by atoms with Crippen LogP contribution in [0.15, 0.2) is 42.5 Å². The van der Waals surface area contributed by atoms with E-state index in [1.54, 1.807) is 29.1 Å². The van der Waals surface area contributed by atoms with Gasteiger partial charge in [0.25, 0.3) is 5.91 Å². The topological polar surface area (TPSA) is 60.3 Å². The third-order valence-corrected chi connectivity index (χ3v) is 6.03. The van der Waals surface area contributed by atoms with Gasteiger partial charge in [-0.15, -0.1) is 0 Å². The predicted octanol–water partition coefficient (Wildman–Crippen LogP) is 4.05. The Morgan fingerprint density at radius 3 is 2.42 bits per heavy atom. The van der Waals surface area contributed by atoms with Crippen LogP contribution < -0.4 is 10.2 Å². The van der Waals surface area contributed by atoms with Gasteiger partial charge in [-0.2, -0.15) is 0 Å². The predicted molar refractivity (Wildman–Crippen MR) is 131 cm³/mol. The van der Waals surface area contributed by atoms with Crippen LogP contribution in [0.5, 0.6) is 0 Å². The molecule has 0 bridgehead atoms. The van der Waals surface area contributed by atoms with Crippen LogP contribution in [0.2, 0.25) is 0 Å². The second kappa shape index (κ2) is 11.5. The maximum absolute atomic E-state index is 13.3. The molecule has 3 rings (SSSR count). The summed E-state index contributed by atoms with van der Waals surface area (Å²) in [7, 11) is 1.78. The minimum atomic E-state index is -0.122. The van der Waals surface area contributed by atoms with Crippen LogP contribution in [-0.4, -0.2) is 48.5 Å². The molecule has 1 N–H and O–H groups in total. The van der Waals surface area contributed by atoms with E-state index in [-0.39, 0.29) is 24.9 Å². The van der Waals surface area contributed by atoms with Gasteiger partial charge in [0.1, 0.15) is 0 Å². The molecule has 0 spiro atoms. The van der Waals surface area contributed by atoms with Crippen LogP contribution in [0.1, 0.15) is 42.9 Å². The second-order valence-electron chi connectivity index (χ2n) is 8.50. The monoisotopic (exact) mass is 447 g/mol. The van der Waals surface area contributed by atoms with Crippen LogP contribution in [0, 0.1) is 13.5 Å². The molecule has 0 radical (unpaired) electrons. The van der Waals surface area contributed by atoms with Crippen LogP contribution in [0.4, 0.5) is 11.4 Å². The molecule has 7 heteroatoms. The fourth-order valence-corrected chi connectivity index (χ4v) is 4.02. The van der Waals surface area contributed by atoms with Gasteiger partial charge in [0.2, 0.25) is 5.91 Å². The van der Waals surface area contributed by atoms with Crippen LogP contribution in [0.3, 0.4) is 0 Å². The molecule has 2 aromatic rings. The molecule has 1 aliphatic heterocycles. The summed E-state index contributed by atoms with van der Waals surface area (Å²) in [6.07, 6.45) is 3.09. The number of amides is 2. The Balaban J connectivity index is 1.73. The number of fused-ring (bicyclic) bond motifs is 1. The van der Waals surface area contributed by atoms with Gasteiger partial charge in [0.05, 0.1) is 19.7 Å². The number of nitrogens with one attached hydrogen (secondary N) is 1. The van der Waals surface area contributed by atoms with E-state index in [0.717, 1.165) is 30.5 Å². The zero-order valence-electron chi connectivity index (χ0n) is 19.8. The summed E-state index contributed by atoms with van der Waals surface area (Å²) in [4.78, 5) is 31.2. The molecule has 0 atom stereocenters. The van der Waals surface area contributed by atoms with Crippen molar-refractivity contribution in [3.8, 4) is 0 Å². The Hall–Kier alpha value is -3.37. The first-order valence-corrected chi connectivity index (χ1v) is 11.5. The SMILES string of the molecule is [C-]#[N+]c1ccc(C)c(N(CC(=O)NCCCCC)CC(=O)N(C)N2Cc3ccccc3C2)c1. The summed E-state index contributed by atoms with van der Waals surface area (Å²) < 4.78 is 0. The lowest BCUT2D eigenvalue weighted by Gasteiger charge is -2.32. The Morgan fingerprint density at radius 1 is 1.09 bits per heavy atom. The number of hydrogen-bond acceptors (Lipinski definition) is 4. The average Bonchev–Trinajstić information content (AvgIpc) is 3.25. The number of hydrogen-bond donors (Lipinski definition) is 1. The van der Waals surface area contributed by atoms with Gasteiger partial charge in [-0.1, -0.05) is 56.2 Å². The number of carbonyl (C=O) groups is 2. The van der Waals surface area contributed by atoms with Gasteiger partial charge in [-0.25, -0.2) is 9.85 Å². The molecule has 0 unspecified atom stereocenters. The Bertz CT molecular complexity index is 1000. The van der Waals surface area contributed by atoms with Crippen molar-refractivity contribution in [2.45, 2.75) is 46.2 Å². The highest BCUT2D eigenvalue weighted by atomic mass is 16.2. The van der Waals surface area contributed by atoms with Crippen molar-refractivity contribution in [1.82, 2.24) is 15.3 Å². The maximum atomic E-state index is 13.3. The molecule has 0 aromatic heterocycles. The van der Waals surface area contributed by atoms with E-state index in [2.05, 4.69) is 29.2 Å². The normalized spacial score (nSPS) is 12.7. The number of likely N-dealkylation sites (N-methyl/N-ethyl adjacent to an activating group) is 1. The van der Waals surface area contributed by atoms with E-state index in [1.165, 1.54) is 11.1 Å². The number of anilines is 1. The third-order valence-electron chi connectivity index (χ3n) is 6.03. The summed E-state index contributed by atoms with van der Waals surface area (Å²) in [6.45, 7) is 13.5. The highest BCUT2D eigenvalue weighted by Gasteiger charge is 2.27. The van der Waals surface area contributed by atoms with Gasteiger partial charge < -0.3 is 10.2 Å². The van der Waals surface area contributed by atoms with Gasteiger partial charge in [0, 0.05) is 32.4 Å². The van der Waals surface area contributed by atoms with Crippen LogP contribution in [0.25, 0.3) is 4.85 Å². The fourth-order valence-electron chi connectivity index (χ4n) is 4.02. The van der Waals surface area contributed by atoms with E-state index in [4.69, 9.17) is 6.57 Å². The lowest BCUT2D eigenvalue weighted by molar-refractivity contribution is -0.145. The summed E-state index contributed by atoms with van der Waals surface area (Å²) in [5.41, 5.74) is 4.59.